The molecular weight excluding hydrogens is 128 g/mol. The Morgan fingerprint density at radius 1 is 1.70 bits per heavy atom. The van der Waals surface area contributed by atoms with Crippen LogP contribution in [0.15, 0.2) is 0 Å². The van der Waals surface area contributed by atoms with Crippen molar-refractivity contribution in [3.63, 3.8) is 0 Å². The van der Waals surface area contributed by atoms with Crippen LogP contribution in [0.5, 0.6) is 0 Å². The predicted octanol–water partition coefficient (Wildman–Crippen LogP) is 1.53. The fourth-order valence-electron chi connectivity index (χ4n) is 1.36. The summed E-state index contributed by atoms with van der Waals surface area (Å²) in [6.45, 7) is 2.71. The summed E-state index contributed by atoms with van der Waals surface area (Å²) < 4.78 is 5.33. The average molecular weight is 142 g/mol. The Bertz CT molecular complexity index is 118. The first-order valence-electron chi connectivity index (χ1n) is 3.96. The molecule has 58 valence electrons. The second kappa shape index (κ2) is 3.71. The molecule has 1 aliphatic rings. The smallest absolute Gasteiger partial charge is 0.135 e. The van der Waals surface area contributed by atoms with Crippen LogP contribution in [0.3, 0.4) is 0 Å². The van der Waals surface area contributed by atoms with Crippen molar-refractivity contribution >= 4 is 5.78 Å². The molecule has 1 rings (SSSR count). The molecule has 1 saturated carbocycles. The highest BCUT2D eigenvalue weighted by molar-refractivity contribution is 5.79. The van der Waals surface area contributed by atoms with Gasteiger partial charge in [0.05, 0.1) is 6.10 Å². The lowest BCUT2D eigenvalue weighted by Crippen LogP contribution is -2.22. The minimum absolute atomic E-state index is 0.228. The number of ketones is 1. The van der Waals surface area contributed by atoms with Gasteiger partial charge in [-0.05, 0) is 19.8 Å². The summed E-state index contributed by atoms with van der Waals surface area (Å²) in [5.74, 6) is 0.365. The normalized spacial score (nSPS) is 26.9. The van der Waals surface area contributed by atoms with Gasteiger partial charge >= 0.3 is 0 Å². The second-order valence-corrected chi connectivity index (χ2v) is 2.71. The second-order valence-electron chi connectivity index (χ2n) is 2.71. The summed E-state index contributed by atoms with van der Waals surface area (Å²) in [6, 6.07) is 0. The highest BCUT2D eigenvalue weighted by Gasteiger charge is 2.18. The fraction of sp³-hybridized carbons (Fsp3) is 0.875. The SMILES string of the molecule is CCOC1CCCC(=O)C1. The summed E-state index contributed by atoms with van der Waals surface area (Å²) in [4.78, 5) is 10.9. The molecule has 0 bridgehead atoms. The van der Waals surface area contributed by atoms with Gasteiger partial charge in [0.25, 0.3) is 0 Å². The molecule has 2 heteroatoms. The van der Waals surface area contributed by atoms with Crippen molar-refractivity contribution in [2.45, 2.75) is 38.7 Å². The number of carbonyl (C=O) groups is 1. The van der Waals surface area contributed by atoms with Crippen LogP contribution in [0.4, 0.5) is 0 Å². The first kappa shape index (κ1) is 7.73. The van der Waals surface area contributed by atoms with Crippen molar-refractivity contribution in [2.24, 2.45) is 0 Å². The molecule has 0 heterocycles. The summed E-state index contributed by atoms with van der Waals surface area (Å²) in [5.41, 5.74) is 0. The molecule has 1 aliphatic carbocycles. The van der Waals surface area contributed by atoms with Gasteiger partial charge in [-0.15, -0.1) is 0 Å². The first-order valence-corrected chi connectivity index (χ1v) is 3.96. The Balaban J connectivity index is 2.25. The molecule has 0 aromatic rings. The van der Waals surface area contributed by atoms with E-state index in [2.05, 4.69) is 0 Å². The van der Waals surface area contributed by atoms with E-state index in [1.807, 2.05) is 6.92 Å². The van der Waals surface area contributed by atoms with Crippen LogP contribution in [0.25, 0.3) is 0 Å². The van der Waals surface area contributed by atoms with Gasteiger partial charge in [0.1, 0.15) is 5.78 Å². The van der Waals surface area contributed by atoms with Gasteiger partial charge in [-0.25, -0.2) is 0 Å². The number of hydrogen-bond donors (Lipinski definition) is 0. The molecule has 10 heavy (non-hydrogen) atoms. The van der Waals surface area contributed by atoms with E-state index >= 15 is 0 Å². The highest BCUT2D eigenvalue weighted by atomic mass is 16.5. The molecule has 0 aliphatic heterocycles. The maximum atomic E-state index is 10.9. The van der Waals surface area contributed by atoms with Gasteiger partial charge in [0.2, 0.25) is 0 Å². The van der Waals surface area contributed by atoms with Gasteiger partial charge in [0, 0.05) is 19.4 Å². The molecule has 1 unspecified atom stereocenters. The van der Waals surface area contributed by atoms with E-state index in [0.29, 0.717) is 12.2 Å². The number of hydrogen-bond acceptors (Lipinski definition) is 2. The van der Waals surface area contributed by atoms with Crippen LogP contribution in [-0.4, -0.2) is 18.5 Å². The van der Waals surface area contributed by atoms with Gasteiger partial charge in [-0.3, -0.25) is 4.79 Å². The third kappa shape index (κ3) is 2.10. The lowest BCUT2D eigenvalue weighted by atomic mass is 9.96. The zero-order chi connectivity index (χ0) is 7.40. The third-order valence-electron chi connectivity index (χ3n) is 1.84. The average Bonchev–Trinajstić information content (AvgIpc) is 1.88. The van der Waals surface area contributed by atoms with E-state index in [9.17, 15) is 4.79 Å². The summed E-state index contributed by atoms with van der Waals surface area (Å²) in [6.07, 6.45) is 3.73. The summed E-state index contributed by atoms with van der Waals surface area (Å²) in [5, 5.41) is 0. The van der Waals surface area contributed by atoms with Crippen molar-refractivity contribution in [3.05, 3.63) is 0 Å². The number of carbonyl (C=O) groups excluding carboxylic acids is 1. The molecule has 0 aromatic carbocycles. The minimum Gasteiger partial charge on any atom is -0.378 e. The standard InChI is InChI=1S/C8H14O2/c1-2-10-8-5-3-4-7(9)6-8/h8H,2-6H2,1H3. The van der Waals surface area contributed by atoms with E-state index in [4.69, 9.17) is 4.74 Å². The molecule has 0 radical (unpaired) electrons. The quantitative estimate of drug-likeness (QED) is 0.584. The molecule has 1 atom stereocenters. The molecule has 0 amide bonds. The van der Waals surface area contributed by atoms with Crippen LogP contribution >= 0.6 is 0 Å². The van der Waals surface area contributed by atoms with Crippen molar-refractivity contribution in [2.75, 3.05) is 6.61 Å². The third-order valence-corrected chi connectivity index (χ3v) is 1.84. The molecule has 0 saturated heterocycles. The molecule has 1 fully saturated rings. The van der Waals surface area contributed by atoms with E-state index < -0.39 is 0 Å². The monoisotopic (exact) mass is 142 g/mol. The van der Waals surface area contributed by atoms with E-state index in [1.165, 1.54) is 0 Å². The fourth-order valence-corrected chi connectivity index (χ4v) is 1.36. The lowest BCUT2D eigenvalue weighted by molar-refractivity contribution is -0.124. The van der Waals surface area contributed by atoms with E-state index in [-0.39, 0.29) is 6.10 Å². The topological polar surface area (TPSA) is 26.3 Å². The van der Waals surface area contributed by atoms with Gasteiger partial charge < -0.3 is 4.74 Å². The maximum absolute atomic E-state index is 10.9. The Hall–Kier alpha value is -0.370. The molecule has 0 spiro atoms. The van der Waals surface area contributed by atoms with E-state index in [0.717, 1.165) is 25.9 Å². The Labute approximate surface area is 61.6 Å². The van der Waals surface area contributed by atoms with Crippen molar-refractivity contribution in [1.82, 2.24) is 0 Å². The number of ether oxygens (including phenoxy) is 1. The van der Waals surface area contributed by atoms with Crippen molar-refractivity contribution in [1.29, 1.82) is 0 Å². The minimum atomic E-state index is 0.228. The highest BCUT2D eigenvalue weighted by Crippen LogP contribution is 2.17. The number of Topliss-reactive ketones (excluding diaryl/α,β-unsaturated/α-hetero) is 1. The van der Waals surface area contributed by atoms with Crippen LogP contribution < -0.4 is 0 Å². The maximum Gasteiger partial charge on any atom is 0.135 e. The largest absolute Gasteiger partial charge is 0.378 e. The van der Waals surface area contributed by atoms with E-state index in [1.54, 1.807) is 0 Å². The summed E-state index contributed by atoms with van der Waals surface area (Å²) in [7, 11) is 0. The zero-order valence-electron chi connectivity index (χ0n) is 6.43. The molecular formula is C8H14O2. The summed E-state index contributed by atoms with van der Waals surface area (Å²) >= 11 is 0. The van der Waals surface area contributed by atoms with Crippen LogP contribution in [0.1, 0.15) is 32.6 Å². The van der Waals surface area contributed by atoms with Crippen molar-refractivity contribution < 1.29 is 9.53 Å². The predicted molar refractivity (Wildman–Crippen MR) is 38.9 cm³/mol. The molecule has 0 N–H and O–H groups in total. The van der Waals surface area contributed by atoms with Crippen LogP contribution in [-0.2, 0) is 9.53 Å². The van der Waals surface area contributed by atoms with Gasteiger partial charge in [-0.2, -0.15) is 0 Å². The molecule has 2 nitrogen and oxygen atoms in total. The Kier molecular flexibility index (Phi) is 2.87. The Morgan fingerprint density at radius 2 is 2.50 bits per heavy atom. The lowest BCUT2D eigenvalue weighted by Gasteiger charge is -2.19. The van der Waals surface area contributed by atoms with Gasteiger partial charge in [-0.1, -0.05) is 0 Å². The zero-order valence-corrected chi connectivity index (χ0v) is 6.43. The van der Waals surface area contributed by atoms with Gasteiger partial charge in [0.15, 0.2) is 0 Å². The molecule has 0 aromatic heterocycles. The first-order chi connectivity index (χ1) is 4.83. The van der Waals surface area contributed by atoms with Crippen LogP contribution in [0, 0.1) is 0 Å². The van der Waals surface area contributed by atoms with Crippen molar-refractivity contribution in [3.8, 4) is 0 Å². The number of rotatable bonds is 2. The van der Waals surface area contributed by atoms with Crippen LogP contribution in [0.2, 0.25) is 0 Å². The Morgan fingerprint density at radius 3 is 3.10 bits per heavy atom.